The molecule has 0 spiro atoms. The van der Waals surface area contributed by atoms with E-state index in [4.69, 9.17) is 0 Å². The van der Waals surface area contributed by atoms with Crippen molar-refractivity contribution in [2.45, 2.75) is 52.0 Å². The van der Waals surface area contributed by atoms with Gasteiger partial charge >= 0.3 is 0 Å². The summed E-state index contributed by atoms with van der Waals surface area (Å²) in [5.74, 6) is 0.366. The molecular weight excluding hydrogens is 380 g/mol. The zero-order chi connectivity index (χ0) is 21.1. The van der Waals surface area contributed by atoms with Crippen LogP contribution in [0.25, 0.3) is 0 Å². The highest BCUT2D eigenvalue weighted by atomic mass is 16.2. The number of rotatable bonds is 3. The summed E-state index contributed by atoms with van der Waals surface area (Å²) < 4.78 is 0. The lowest BCUT2D eigenvalue weighted by Gasteiger charge is -2.43. The Labute approximate surface area is 176 Å². The largest absolute Gasteiger partial charge is 0.339 e. The molecular formula is C22H28N6O2. The van der Waals surface area contributed by atoms with E-state index in [0.29, 0.717) is 36.0 Å². The third kappa shape index (κ3) is 4.17. The Hall–Kier alpha value is -2.90. The maximum Gasteiger partial charge on any atom is 0.274 e. The first-order chi connectivity index (χ1) is 14.5. The standard InChI is InChI=1S/C22H28N6O2/c1-15-11-25-19(13-24-15)22(30)28-8-4-3-5-20(28)17-6-9-27(10-7-17)21(29)18-12-23-14-26-16(18)2/h11-14,17,20H,3-10H2,1-2H3/t20-/m1/s1. The van der Waals surface area contributed by atoms with Gasteiger partial charge in [-0.25, -0.2) is 15.0 Å². The lowest BCUT2D eigenvalue weighted by atomic mass is 9.83. The molecule has 2 amide bonds. The van der Waals surface area contributed by atoms with Crippen LogP contribution in [-0.4, -0.2) is 67.2 Å². The van der Waals surface area contributed by atoms with Crippen LogP contribution in [0.3, 0.4) is 0 Å². The number of aromatic nitrogens is 4. The predicted molar refractivity (Wildman–Crippen MR) is 111 cm³/mol. The van der Waals surface area contributed by atoms with E-state index in [-0.39, 0.29) is 17.9 Å². The molecule has 2 saturated heterocycles. The van der Waals surface area contributed by atoms with Crippen LogP contribution in [0.15, 0.2) is 24.9 Å². The van der Waals surface area contributed by atoms with E-state index < -0.39 is 0 Å². The monoisotopic (exact) mass is 408 g/mol. The van der Waals surface area contributed by atoms with Crippen LogP contribution >= 0.6 is 0 Å². The highest BCUT2D eigenvalue weighted by Gasteiger charge is 2.36. The lowest BCUT2D eigenvalue weighted by Crippen LogP contribution is -2.51. The first kappa shape index (κ1) is 20.4. The van der Waals surface area contributed by atoms with E-state index >= 15 is 0 Å². The molecule has 8 heteroatoms. The SMILES string of the molecule is Cc1cnc(C(=O)N2CCCC[C@@H]2C2CCN(C(=O)c3cncnc3C)CC2)cn1. The minimum Gasteiger partial charge on any atom is -0.339 e. The van der Waals surface area contributed by atoms with E-state index in [0.717, 1.165) is 44.3 Å². The van der Waals surface area contributed by atoms with E-state index in [1.54, 1.807) is 18.6 Å². The van der Waals surface area contributed by atoms with Gasteiger partial charge in [0, 0.05) is 38.1 Å². The maximum atomic E-state index is 13.1. The second-order valence-electron chi connectivity index (χ2n) is 8.26. The van der Waals surface area contributed by atoms with Gasteiger partial charge in [-0.05, 0) is 51.9 Å². The third-order valence-electron chi connectivity index (χ3n) is 6.32. The Balaban J connectivity index is 1.42. The highest BCUT2D eigenvalue weighted by molar-refractivity contribution is 5.95. The van der Waals surface area contributed by atoms with Gasteiger partial charge in [0.05, 0.1) is 23.1 Å². The van der Waals surface area contributed by atoms with Crippen molar-refractivity contribution in [3.8, 4) is 0 Å². The molecule has 0 aromatic carbocycles. The number of carbonyl (C=O) groups excluding carboxylic acids is 2. The van der Waals surface area contributed by atoms with E-state index in [1.165, 1.54) is 6.33 Å². The van der Waals surface area contributed by atoms with Crippen molar-refractivity contribution in [3.05, 3.63) is 47.6 Å². The number of hydrogen-bond donors (Lipinski definition) is 0. The highest BCUT2D eigenvalue weighted by Crippen LogP contribution is 2.31. The molecule has 2 aromatic heterocycles. The van der Waals surface area contributed by atoms with Crippen molar-refractivity contribution in [1.29, 1.82) is 0 Å². The zero-order valence-corrected chi connectivity index (χ0v) is 17.6. The Kier molecular flexibility index (Phi) is 6.01. The second kappa shape index (κ2) is 8.85. The number of aryl methyl sites for hydroxylation is 2. The number of likely N-dealkylation sites (tertiary alicyclic amines) is 2. The van der Waals surface area contributed by atoms with Gasteiger partial charge in [0.15, 0.2) is 0 Å². The summed E-state index contributed by atoms with van der Waals surface area (Å²) in [5.41, 5.74) is 2.50. The van der Waals surface area contributed by atoms with Crippen LogP contribution in [0, 0.1) is 19.8 Å². The molecule has 0 aliphatic carbocycles. The van der Waals surface area contributed by atoms with Gasteiger partial charge in [0.1, 0.15) is 12.0 Å². The first-order valence-corrected chi connectivity index (χ1v) is 10.7. The average molecular weight is 409 g/mol. The molecule has 2 aliphatic heterocycles. The molecule has 158 valence electrons. The van der Waals surface area contributed by atoms with Crippen LogP contribution in [0.5, 0.6) is 0 Å². The summed E-state index contributed by atoms with van der Waals surface area (Å²) in [6.07, 6.45) is 11.2. The molecule has 4 rings (SSSR count). The fourth-order valence-corrected chi connectivity index (χ4v) is 4.61. The Bertz CT molecular complexity index is 908. The zero-order valence-electron chi connectivity index (χ0n) is 17.6. The van der Waals surface area contributed by atoms with Crippen LogP contribution < -0.4 is 0 Å². The van der Waals surface area contributed by atoms with E-state index in [9.17, 15) is 9.59 Å². The quantitative estimate of drug-likeness (QED) is 0.775. The number of amides is 2. The molecule has 0 N–H and O–H groups in total. The molecule has 1 atom stereocenters. The number of hydrogen-bond acceptors (Lipinski definition) is 6. The summed E-state index contributed by atoms with van der Waals surface area (Å²) in [5, 5.41) is 0. The Morgan fingerprint density at radius 1 is 0.900 bits per heavy atom. The van der Waals surface area contributed by atoms with Crippen LogP contribution in [0.1, 0.15) is 64.3 Å². The fourth-order valence-electron chi connectivity index (χ4n) is 4.61. The minimum absolute atomic E-state index is 0.00180. The third-order valence-corrected chi connectivity index (χ3v) is 6.32. The number of nitrogens with zero attached hydrogens (tertiary/aromatic N) is 6. The molecule has 0 unspecified atom stereocenters. The molecule has 2 fully saturated rings. The fraction of sp³-hybridized carbons (Fsp3) is 0.545. The molecule has 4 heterocycles. The first-order valence-electron chi connectivity index (χ1n) is 10.7. The van der Waals surface area contributed by atoms with Crippen LogP contribution in [0.2, 0.25) is 0 Å². The van der Waals surface area contributed by atoms with E-state index in [1.807, 2.05) is 23.6 Å². The van der Waals surface area contributed by atoms with Gasteiger partial charge in [-0.1, -0.05) is 0 Å². The summed E-state index contributed by atoms with van der Waals surface area (Å²) in [7, 11) is 0. The van der Waals surface area contributed by atoms with Gasteiger partial charge in [-0.3, -0.25) is 14.6 Å². The predicted octanol–water partition coefficient (Wildman–Crippen LogP) is 2.43. The summed E-state index contributed by atoms with van der Waals surface area (Å²) >= 11 is 0. The van der Waals surface area contributed by atoms with Gasteiger partial charge in [-0.2, -0.15) is 0 Å². The van der Waals surface area contributed by atoms with Gasteiger partial charge in [-0.15, -0.1) is 0 Å². The van der Waals surface area contributed by atoms with Crippen molar-refractivity contribution in [3.63, 3.8) is 0 Å². The molecule has 8 nitrogen and oxygen atoms in total. The molecule has 0 saturated carbocycles. The lowest BCUT2D eigenvalue weighted by molar-refractivity contribution is 0.0369. The van der Waals surface area contributed by atoms with Crippen molar-refractivity contribution in [1.82, 2.24) is 29.7 Å². The van der Waals surface area contributed by atoms with Crippen molar-refractivity contribution in [2.24, 2.45) is 5.92 Å². The molecule has 0 radical (unpaired) electrons. The van der Waals surface area contributed by atoms with Crippen molar-refractivity contribution < 1.29 is 9.59 Å². The van der Waals surface area contributed by atoms with Crippen molar-refractivity contribution in [2.75, 3.05) is 19.6 Å². The molecule has 0 bridgehead atoms. The van der Waals surface area contributed by atoms with Crippen LogP contribution in [-0.2, 0) is 0 Å². The normalized spacial score (nSPS) is 20.3. The molecule has 2 aliphatic rings. The van der Waals surface area contributed by atoms with Gasteiger partial charge in [0.25, 0.3) is 11.8 Å². The molecule has 30 heavy (non-hydrogen) atoms. The smallest absolute Gasteiger partial charge is 0.274 e. The van der Waals surface area contributed by atoms with Crippen molar-refractivity contribution >= 4 is 11.8 Å². The van der Waals surface area contributed by atoms with Gasteiger partial charge in [0.2, 0.25) is 0 Å². The maximum absolute atomic E-state index is 13.1. The van der Waals surface area contributed by atoms with Gasteiger partial charge < -0.3 is 9.80 Å². The summed E-state index contributed by atoms with van der Waals surface area (Å²) in [6.45, 7) is 5.85. The van der Waals surface area contributed by atoms with Crippen LogP contribution in [0.4, 0.5) is 0 Å². The number of carbonyl (C=O) groups is 2. The minimum atomic E-state index is -0.0252. The Morgan fingerprint density at radius 2 is 1.70 bits per heavy atom. The number of piperidine rings is 2. The second-order valence-corrected chi connectivity index (χ2v) is 8.26. The van der Waals surface area contributed by atoms with E-state index in [2.05, 4.69) is 19.9 Å². The Morgan fingerprint density at radius 3 is 2.40 bits per heavy atom. The molecule has 2 aromatic rings. The topological polar surface area (TPSA) is 92.2 Å². The summed E-state index contributed by atoms with van der Waals surface area (Å²) in [4.78, 5) is 46.5. The average Bonchev–Trinajstić information content (AvgIpc) is 2.79. The summed E-state index contributed by atoms with van der Waals surface area (Å²) in [6, 6.07) is 0.202.